The first-order valence-corrected chi connectivity index (χ1v) is 5.29. The van der Waals surface area contributed by atoms with Gasteiger partial charge in [0.25, 0.3) is 0 Å². The average molecular weight is 289 g/mol. The Kier molecular flexibility index (Phi) is 3.30. The molecule has 0 bridgehead atoms. The molecule has 1 rings (SSSR count). The van der Waals surface area contributed by atoms with E-state index in [0.717, 1.165) is 12.0 Å². The number of rotatable bonds is 2. The Hall–Kier alpha value is -0.580. The van der Waals surface area contributed by atoms with Crippen molar-refractivity contribution in [1.29, 1.82) is 0 Å². The van der Waals surface area contributed by atoms with Crippen molar-refractivity contribution in [3.8, 4) is 0 Å². The average Bonchev–Trinajstić information content (AvgIpc) is 2.03. The summed E-state index contributed by atoms with van der Waals surface area (Å²) in [6.07, 6.45) is 4.86. The van der Waals surface area contributed by atoms with Crippen molar-refractivity contribution in [2.45, 2.75) is 17.3 Å². The first-order chi connectivity index (χ1) is 6.02. The molecule has 0 saturated heterocycles. The van der Waals surface area contributed by atoms with Crippen molar-refractivity contribution < 1.29 is 4.79 Å². The first-order valence-electron chi connectivity index (χ1n) is 4.04. The molecule has 0 saturated carbocycles. The Morgan fingerprint density at radius 3 is 2.85 bits per heavy atom. The second kappa shape index (κ2) is 4.09. The zero-order valence-corrected chi connectivity index (χ0v) is 9.67. The summed E-state index contributed by atoms with van der Waals surface area (Å²) >= 11 is 2.31. The fourth-order valence-electron chi connectivity index (χ4n) is 1.19. The molecule has 1 atom stereocenters. The highest BCUT2D eigenvalue weighted by atomic mass is 127. The maximum Gasteiger partial charge on any atom is 0.159 e. The van der Waals surface area contributed by atoms with Crippen LogP contribution in [0.5, 0.6) is 0 Å². The quantitative estimate of drug-likeness (QED) is 0.480. The molecule has 1 unspecified atom stereocenters. The van der Waals surface area contributed by atoms with E-state index in [2.05, 4.69) is 29.2 Å². The highest BCUT2D eigenvalue weighted by Crippen LogP contribution is 2.25. The molecule has 0 aromatic heterocycles. The van der Waals surface area contributed by atoms with Crippen LogP contribution in [0.25, 0.3) is 0 Å². The Balaban J connectivity index is 2.90. The van der Waals surface area contributed by atoms with Crippen LogP contribution in [0.3, 0.4) is 0 Å². The van der Waals surface area contributed by atoms with E-state index >= 15 is 0 Å². The van der Waals surface area contributed by atoms with Gasteiger partial charge in [-0.05, 0) is 19.4 Å². The molecule has 0 aliphatic heterocycles. The van der Waals surface area contributed by atoms with Gasteiger partial charge in [0.2, 0.25) is 0 Å². The Bertz CT molecular complexity index is 315. The van der Waals surface area contributed by atoms with Gasteiger partial charge in [-0.1, -0.05) is 35.2 Å². The molecule has 1 aliphatic carbocycles. The van der Waals surface area contributed by atoms with Gasteiger partial charge in [-0.3, -0.25) is 4.79 Å². The van der Waals surface area contributed by atoms with Crippen LogP contribution in [0.15, 0.2) is 35.6 Å². The van der Waals surface area contributed by atoms with Gasteiger partial charge in [0.05, 0.1) is 0 Å². The number of Topliss-reactive ketones (excluding diaryl/α,β-unsaturated/α-hetero) is 1. The summed E-state index contributed by atoms with van der Waals surface area (Å²) in [5, 5.41) is 0. The summed E-state index contributed by atoms with van der Waals surface area (Å²) in [4.78, 5) is 11.0. The lowest BCUT2D eigenvalue weighted by Crippen LogP contribution is -2.13. The van der Waals surface area contributed by atoms with Gasteiger partial charge in [0, 0.05) is 20.8 Å². The van der Waals surface area contributed by atoms with Crippen LogP contribution in [0.2, 0.25) is 0 Å². The molecule has 0 aromatic carbocycles. The van der Waals surface area contributed by atoms with E-state index in [1.165, 1.54) is 6.92 Å². The first kappa shape index (κ1) is 10.5. The van der Waals surface area contributed by atoms with Gasteiger partial charge >= 0.3 is 0 Å². The summed E-state index contributed by atoms with van der Waals surface area (Å²) < 4.78 is 0.432. The van der Waals surface area contributed by atoms with Crippen molar-refractivity contribution in [2.24, 2.45) is 5.73 Å². The van der Waals surface area contributed by atoms with Crippen molar-refractivity contribution in [3.63, 3.8) is 0 Å². The summed E-state index contributed by atoms with van der Waals surface area (Å²) in [5.41, 5.74) is 7.77. The number of nitrogens with two attached hydrogens (primary N) is 1. The molecule has 3 heteroatoms. The summed E-state index contributed by atoms with van der Waals surface area (Å²) in [5.74, 6) is -0.0190. The maximum absolute atomic E-state index is 11.0. The largest absolute Gasteiger partial charge is 0.398 e. The molecule has 0 heterocycles. The van der Waals surface area contributed by atoms with Crippen LogP contribution in [0.4, 0.5) is 0 Å². The van der Waals surface area contributed by atoms with Gasteiger partial charge in [-0.2, -0.15) is 0 Å². The minimum atomic E-state index is -0.0190. The van der Waals surface area contributed by atoms with Gasteiger partial charge in [0.1, 0.15) is 0 Å². The topological polar surface area (TPSA) is 43.1 Å². The van der Waals surface area contributed by atoms with Crippen molar-refractivity contribution in [1.82, 2.24) is 0 Å². The fraction of sp³-hybridized carbons (Fsp3) is 0.300. The zero-order chi connectivity index (χ0) is 10.0. The SMILES string of the molecule is C=C(C(C)=O)C1=CCC(I)C=C1N. The predicted octanol–water partition coefficient (Wildman–Crippen LogP) is 2.11. The van der Waals surface area contributed by atoms with Gasteiger partial charge < -0.3 is 5.73 Å². The number of hydrogen-bond donors (Lipinski definition) is 1. The molecule has 0 amide bonds. The molecule has 0 spiro atoms. The molecule has 1 aliphatic rings. The van der Waals surface area contributed by atoms with E-state index in [1.54, 1.807) is 0 Å². The zero-order valence-electron chi connectivity index (χ0n) is 7.51. The Morgan fingerprint density at radius 2 is 2.38 bits per heavy atom. The number of allylic oxidation sites excluding steroid dienone is 3. The molecule has 2 nitrogen and oxygen atoms in total. The van der Waals surface area contributed by atoms with E-state index in [9.17, 15) is 4.79 Å². The molecule has 0 radical (unpaired) electrons. The summed E-state index contributed by atoms with van der Waals surface area (Å²) in [6.45, 7) is 5.22. The van der Waals surface area contributed by atoms with Crippen LogP contribution in [0, 0.1) is 0 Å². The van der Waals surface area contributed by atoms with Crippen LogP contribution in [-0.2, 0) is 4.79 Å². The molecular weight excluding hydrogens is 277 g/mol. The van der Waals surface area contributed by atoms with Crippen LogP contribution < -0.4 is 5.73 Å². The monoisotopic (exact) mass is 289 g/mol. The van der Waals surface area contributed by atoms with Crippen molar-refractivity contribution in [3.05, 3.63) is 35.6 Å². The lowest BCUT2D eigenvalue weighted by molar-refractivity contribution is -0.113. The number of carbonyl (C=O) groups is 1. The third-order valence-corrected chi connectivity index (χ3v) is 2.84. The third-order valence-electron chi connectivity index (χ3n) is 1.97. The normalized spacial score (nSPS) is 21.8. The van der Waals surface area contributed by atoms with Crippen LogP contribution in [0.1, 0.15) is 13.3 Å². The molecule has 0 aromatic rings. The van der Waals surface area contributed by atoms with E-state index in [4.69, 9.17) is 5.73 Å². The minimum absolute atomic E-state index is 0.0190. The van der Waals surface area contributed by atoms with Crippen molar-refractivity contribution in [2.75, 3.05) is 0 Å². The van der Waals surface area contributed by atoms with Crippen LogP contribution in [-0.4, -0.2) is 9.71 Å². The predicted molar refractivity (Wildman–Crippen MR) is 62.6 cm³/mol. The highest BCUT2D eigenvalue weighted by Gasteiger charge is 2.15. The second-order valence-electron chi connectivity index (χ2n) is 3.03. The summed E-state index contributed by atoms with van der Waals surface area (Å²) in [7, 11) is 0. The van der Waals surface area contributed by atoms with E-state index in [-0.39, 0.29) is 5.78 Å². The standard InChI is InChI=1S/C10H12INO/c1-6(7(2)13)9-4-3-8(11)5-10(9)12/h4-5,8H,1,3,12H2,2H3. The van der Waals surface area contributed by atoms with Gasteiger partial charge in [-0.25, -0.2) is 0 Å². The maximum atomic E-state index is 11.0. The minimum Gasteiger partial charge on any atom is -0.398 e. The number of alkyl halides is 1. The number of halogens is 1. The fourth-order valence-corrected chi connectivity index (χ4v) is 1.83. The Labute approximate surface area is 91.7 Å². The molecule has 2 N–H and O–H groups in total. The highest BCUT2D eigenvalue weighted by molar-refractivity contribution is 14.1. The molecule has 70 valence electrons. The smallest absolute Gasteiger partial charge is 0.159 e. The van der Waals surface area contributed by atoms with Gasteiger partial charge in [-0.15, -0.1) is 0 Å². The summed E-state index contributed by atoms with van der Waals surface area (Å²) in [6, 6.07) is 0. The number of carbonyl (C=O) groups excluding carboxylic acids is 1. The Morgan fingerprint density at radius 1 is 1.77 bits per heavy atom. The lowest BCUT2D eigenvalue weighted by atomic mass is 9.96. The van der Waals surface area contributed by atoms with Gasteiger partial charge in [0.15, 0.2) is 5.78 Å². The third kappa shape index (κ3) is 2.43. The van der Waals surface area contributed by atoms with Crippen molar-refractivity contribution >= 4 is 28.4 Å². The van der Waals surface area contributed by atoms with Crippen LogP contribution >= 0.6 is 22.6 Å². The van der Waals surface area contributed by atoms with E-state index in [1.807, 2.05) is 12.2 Å². The van der Waals surface area contributed by atoms with E-state index < -0.39 is 0 Å². The lowest BCUT2D eigenvalue weighted by Gasteiger charge is -2.16. The number of hydrogen-bond acceptors (Lipinski definition) is 2. The molecular formula is C10H12INO. The molecule has 0 fully saturated rings. The number of ketones is 1. The van der Waals surface area contributed by atoms with E-state index in [0.29, 0.717) is 15.2 Å². The molecule has 13 heavy (non-hydrogen) atoms. The second-order valence-corrected chi connectivity index (χ2v) is 4.63.